The highest BCUT2D eigenvalue weighted by Gasteiger charge is 2.25. The molecule has 0 amide bonds. The lowest BCUT2D eigenvalue weighted by atomic mass is 10.3. The molecule has 0 aromatic rings. The number of allylic oxidation sites excluding steroid dienone is 1. The molecular formula is C6H8N4O. The smallest absolute Gasteiger partial charge is 0.220 e. The molecule has 0 bridgehead atoms. The van der Waals surface area contributed by atoms with E-state index in [0.717, 1.165) is 5.71 Å². The highest BCUT2D eigenvalue weighted by Crippen LogP contribution is 2.15. The number of hydrogen-bond acceptors (Lipinski definition) is 5. The van der Waals surface area contributed by atoms with Crippen LogP contribution < -0.4 is 5.32 Å². The normalized spacial score (nSPS) is 27.4. The minimum atomic E-state index is -0.250. The Hall–Kier alpha value is -1.52. The summed E-state index contributed by atoms with van der Waals surface area (Å²) in [7, 11) is 0. The summed E-state index contributed by atoms with van der Waals surface area (Å²) in [4.78, 5) is 4.16. The summed E-state index contributed by atoms with van der Waals surface area (Å²) in [6, 6.07) is 0. The van der Waals surface area contributed by atoms with Crippen LogP contribution in [0, 0.1) is 0 Å². The van der Waals surface area contributed by atoms with Crippen molar-refractivity contribution in [3.8, 4) is 0 Å². The van der Waals surface area contributed by atoms with Gasteiger partial charge >= 0.3 is 0 Å². The number of aliphatic hydroxyl groups excluding tert-OH is 1. The van der Waals surface area contributed by atoms with Gasteiger partial charge in [0.25, 0.3) is 0 Å². The molecule has 0 aliphatic carbocycles. The van der Waals surface area contributed by atoms with Crippen LogP contribution >= 0.6 is 0 Å². The summed E-state index contributed by atoms with van der Waals surface area (Å²) >= 11 is 0. The predicted octanol–water partition coefficient (Wildman–Crippen LogP) is -0.00760. The minimum Gasteiger partial charge on any atom is -0.493 e. The van der Waals surface area contributed by atoms with Crippen molar-refractivity contribution in [3.05, 3.63) is 12.0 Å². The van der Waals surface area contributed by atoms with Gasteiger partial charge in [-0.15, -0.1) is 0 Å². The van der Waals surface area contributed by atoms with E-state index in [1.807, 2.05) is 6.92 Å². The molecule has 11 heavy (non-hydrogen) atoms. The second-order valence-electron chi connectivity index (χ2n) is 2.40. The number of nitrogens with one attached hydrogen (secondary N) is 1. The maximum absolute atomic E-state index is 9.30. The first-order valence-corrected chi connectivity index (χ1v) is 3.30. The van der Waals surface area contributed by atoms with E-state index in [-0.39, 0.29) is 12.2 Å². The number of nitrogens with zero attached hydrogens (tertiary/aromatic N) is 3. The summed E-state index contributed by atoms with van der Waals surface area (Å²) in [6.07, 6.45) is 2.83. The summed E-state index contributed by atoms with van der Waals surface area (Å²) in [5, 5.41) is 17.4. The third-order valence-corrected chi connectivity index (χ3v) is 1.54. The van der Waals surface area contributed by atoms with Crippen molar-refractivity contribution in [2.45, 2.75) is 13.2 Å². The maximum atomic E-state index is 9.30. The summed E-state index contributed by atoms with van der Waals surface area (Å²) < 4.78 is 0. The van der Waals surface area contributed by atoms with Crippen LogP contribution in [0.2, 0.25) is 0 Å². The zero-order valence-corrected chi connectivity index (χ0v) is 6.02. The molecule has 1 unspecified atom stereocenters. The van der Waals surface area contributed by atoms with E-state index < -0.39 is 0 Å². The monoisotopic (exact) mass is 152 g/mol. The zero-order chi connectivity index (χ0) is 7.84. The lowest BCUT2D eigenvalue weighted by Crippen LogP contribution is -2.36. The fourth-order valence-corrected chi connectivity index (χ4v) is 1.06. The Balaban J connectivity index is 2.33. The Morgan fingerprint density at radius 2 is 2.55 bits per heavy atom. The average molecular weight is 152 g/mol. The molecule has 58 valence electrons. The van der Waals surface area contributed by atoms with Gasteiger partial charge in [0.15, 0.2) is 0 Å². The van der Waals surface area contributed by atoms with E-state index >= 15 is 0 Å². The van der Waals surface area contributed by atoms with E-state index in [2.05, 4.69) is 15.4 Å². The number of hydrazone groups is 1. The van der Waals surface area contributed by atoms with Crippen LogP contribution in [0.3, 0.4) is 0 Å². The summed E-state index contributed by atoms with van der Waals surface area (Å²) in [5.41, 5.74) is 0.793. The molecule has 2 aliphatic heterocycles. The van der Waals surface area contributed by atoms with Crippen LogP contribution in [0.5, 0.6) is 0 Å². The first-order chi connectivity index (χ1) is 5.27. The SMILES string of the molecule is CC1=NC2NC=NN2C(O)=C1. The van der Waals surface area contributed by atoms with Gasteiger partial charge in [-0.05, 0) is 6.92 Å². The maximum Gasteiger partial charge on any atom is 0.220 e. The fraction of sp³-hybridized carbons (Fsp3) is 0.333. The van der Waals surface area contributed by atoms with Crippen molar-refractivity contribution in [2.24, 2.45) is 10.1 Å². The quantitative estimate of drug-likeness (QED) is 0.513. The van der Waals surface area contributed by atoms with Gasteiger partial charge in [-0.2, -0.15) is 10.1 Å². The molecular weight excluding hydrogens is 144 g/mol. The Morgan fingerprint density at radius 3 is 3.36 bits per heavy atom. The third-order valence-electron chi connectivity index (χ3n) is 1.54. The molecule has 2 heterocycles. The van der Waals surface area contributed by atoms with Crippen LogP contribution in [0.1, 0.15) is 6.92 Å². The van der Waals surface area contributed by atoms with Gasteiger partial charge in [-0.3, -0.25) is 0 Å². The zero-order valence-electron chi connectivity index (χ0n) is 6.02. The van der Waals surface area contributed by atoms with Crippen molar-refractivity contribution in [2.75, 3.05) is 0 Å². The number of rotatable bonds is 0. The van der Waals surface area contributed by atoms with Crippen LogP contribution in [0.4, 0.5) is 0 Å². The molecule has 2 aliphatic rings. The van der Waals surface area contributed by atoms with Crippen molar-refractivity contribution < 1.29 is 5.11 Å². The largest absolute Gasteiger partial charge is 0.493 e. The molecule has 5 heteroatoms. The van der Waals surface area contributed by atoms with Crippen molar-refractivity contribution >= 4 is 12.1 Å². The van der Waals surface area contributed by atoms with Crippen LogP contribution in [-0.4, -0.2) is 28.5 Å². The highest BCUT2D eigenvalue weighted by atomic mass is 16.3. The first kappa shape index (κ1) is 6.21. The number of fused-ring (bicyclic) bond motifs is 1. The lowest BCUT2D eigenvalue weighted by molar-refractivity contribution is 0.165. The minimum absolute atomic E-state index is 0.128. The molecule has 0 radical (unpaired) electrons. The average Bonchev–Trinajstić information content (AvgIpc) is 2.34. The number of hydrogen-bond donors (Lipinski definition) is 2. The van der Waals surface area contributed by atoms with E-state index in [4.69, 9.17) is 0 Å². The molecule has 2 rings (SSSR count). The van der Waals surface area contributed by atoms with E-state index in [1.165, 1.54) is 11.3 Å². The van der Waals surface area contributed by atoms with Gasteiger partial charge in [-0.1, -0.05) is 0 Å². The van der Waals surface area contributed by atoms with Crippen LogP contribution in [-0.2, 0) is 0 Å². The summed E-state index contributed by atoms with van der Waals surface area (Å²) in [5.74, 6) is 0.128. The van der Waals surface area contributed by atoms with Crippen LogP contribution in [0.25, 0.3) is 0 Å². The Kier molecular flexibility index (Phi) is 1.12. The van der Waals surface area contributed by atoms with Gasteiger partial charge in [0.05, 0.1) is 0 Å². The molecule has 0 saturated carbocycles. The molecule has 0 aromatic heterocycles. The van der Waals surface area contributed by atoms with Gasteiger partial charge < -0.3 is 10.4 Å². The highest BCUT2D eigenvalue weighted by molar-refractivity contribution is 5.93. The van der Waals surface area contributed by atoms with Crippen LogP contribution in [0.15, 0.2) is 22.1 Å². The van der Waals surface area contributed by atoms with Gasteiger partial charge in [0.2, 0.25) is 12.2 Å². The fourth-order valence-electron chi connectivity index (χ4n) is 1.06. The Morgan fingerprint density at radius 1 is 1.73 bits per heavy atom. The van der Waals surface area contributed by atoms with Crippen molar-refractivity contribution in [3.63, 3.8) is 0 Å². The standard InChI is InChI=1S/C6H8N4O/c1-4-2-5(11)10-6(9-4)7-3-8-10/h2-3,6,11H,1H3,(H,7,8). The first-order valence-electron chi connectivity index (χ1n) is 3.30. The molecule has 0 fully saturated rings. The molecule has 2 N–H and O–H groups in total. The topological polar surface area (TPSA) is 60.2 Å². The predicted molar refractivity (Wildman–Crippen MR) is 41.1 cm³/mol. The van der Waals surface area contributed by atoms with Gasteiger partial charge in [0, 0.05) is 11.8 Å². The van der Waals surface area contributed by atoms with Gasteiger partial charge in [-0.25, -0.2) is 4.99 Å². The summed E-state index contributed by atoms with van der Waals surface area (Å²) in [6.45, 7) is 1.83. The Bertz CT molecular complexity index is 268. The molecule has 0 spiro atoms. The molecule has 5 nitrogen and oxygen atoms in total. The molecule has 0 aromatic carbocycles. The van der Waals surface area contributed by atoms with E-state index in [0.29, 0.717) is 0 Å². The van der Waals surface area contributed by atoms with Gasteiger partial charge in [0.1, 0.15) is 6.34 Å². The van der Waals surface area contributed by atoms with E-state index in [1.54, 1.807) is 6.08 Å². The van der Waals surface area contributed by atoms with Crippen molar-refractivity contribution in [1.29, 1.82) is 0 Å². The lowest BCUT2D eigenvalue weighted by Gasteiger charge is -2.22. The second kappa shape index (κ2) is 1.98. The number of aliphatic imine (C=N–C) groups is 1. The number of aliphatic hydroxyl groups is 1. The molecule has 1 atom stereocenters. The third kappa shape index (κ3) is 0.849. The second-order valence-corrected chi connectivity index (χ2v) is 2.40. The Labute approximate surface area is 63.7 Å². The van der Waals surface area contributed by atoms with Crippen molar-refractivity contribution in [1.82, 2.24) is 10.3 Å². The van der Waals surface area contributed by atoms with E-state index in [9.17, 15) is 5.11 Å². The molecule has 0 saturated heterocycles.